The fraction of sp³-hybridized carbons (Fsp3) is 0.600. The first-order valence-corrected chi connectivity index (χ1v) is 8.90. The van der Waals surface area contributed by atoms with Gasteiger partial charge >= 0.3 is 0 Å². The van der Waals surface area contributed by atoms with Gasteiger partial charge in [-0.2, -0.15) is 0 Å². The lowest BCUT2D eigenvalue weighted by Crippen LogP contribution is -2.12. The second-order valence-electron chi connectivity index (χ2n) is 5.13. The van der Waals surface area contributed by atoms with Gasteiger partial charge in [-0.1, -0.05) is 29.8 Å². The number of hydrogen-bond acceptors (Lipinski definition) is 3. The summed E-state index contributed by atoms with van der Waals surface area (Å²) in [5, 5.41) is 1.06. The van der Waals surface area contributed by atoms with Gasteiger partial charge in [0, 0.05) is 22.4 Å². The van der Waals surface area contributed by atoms with E-state index in [2.05, 4.69) is 41.9 Å². The van der Waals surface area contributed by atoms with Crippen LogP contribution in [0.15, 0.2) is 23.1 Å². The summed E-state index contributed by atoms with van der Waals surface area (Å²) in [5.41, 5.74) is 0. The maximum atomic E-state index is 5.72. The van der Waals surface area contributed by atoms with Gasteiger partial charge in [-0.25, -0.2) is 0 Å². The molecule has 0 saturated heterocycles. The first-order valence-electron chi connectivity index (χ1n) is 6.79. The van der Waals surface area contributed by atoms with Gasteiger partial charge in [-0.15, -0.1) is 11.8 Å². The van der Waals surface area contributed by atoms with Crippen LogP contribution in [0.4, 0.5) is 0 Å². The molecule has 0 aliphatic carbocycles. The maximum Gasteiger partial charge on any atom is 0.162 e. The van der Waals surface area contributed by atoms with Crippen LogP contribution in [0.5, 0.6) is 11.5 Å². The molecule has 0 amide bonds. The van der Waals surface area contributed by atoms with Crippen LogP contribution in [-0.4, -0.2) is 24.3 Å². The van der Waals surface area contributed by atoms with E-state index in [0.29, 0.717) is 11.8 Å². The summed E-state index contributed by atoms with van der Waals surface area (Å²) in [4.78, 5) is 1.26. The second-order valence-corrected chi connectivity index (χ2v) is 6.87. The summed E-state index contributed by atoms with van der Waals surface area (Å²) in [6.07, 6.45) is 0.955. The number of fused-ring (bicyclic) bond motifs is 1. The molecule has 0 bridgehead atoms. The minimum Gasteiger partial charge on any atom is -0.490 e. The quantitative estimate of drug-likeness (QED) is 0.574. The summed E-state index contributed by atoms with van der Waals surface area (Å²) in [5.74, 6) is 4.29. The Morgan fingerprint density at radius 2 is 1.95 bits per heavy atom. The van der Waals surface area contributed by atoms with E-state index < -0.39 is 0 Å². The predicted molar refractivity (Wildman–Crippen MR) is 84.9 cm³/mol. The van der Waals surface area contributed by atoms with Crippen LogP contribution < -0.4 is 9.47 Å². The minimum absolute atomic E-state index is 0.695. The van der Waals surface area contributed by atoms with Crippen molar-refractivity contribution in [2.24, 2.45) is 11.8 Å². The number of hydrogen-bond donors (Lipinski definition) is 0. The molecule has 0 radical (unpaired) electrons. The van der Waals surface area contributed by atoms with Crippen LogP contribution in [0.25, 0.3) is 0 Å². The molecule has 1 aliphatic rings. The van der Waals surface area contributed by atoms with Crippen LogP contribution in [0, 0.1) is 11.8 Å². The van der Waals surface area contributed by atoms with Crippen LogP contribution in [0.3, 0.4) is 0 Å². The molecular formula is C15H21BrO2S. The molecule has 1 heterocycles. The Kier molecular flexibility index (Phi) is 5.89. The molecule has 0 aromatic heterocycles. The Labute approximate surface area is 128 Å². The largest absolute Gasteiger partial charge is 0.490 e. The molecule has 1 atom stereocenters. The minimum atomic E-state index is 0.695. The van der Waals surface area contributed by atoms with E-state index in [1.54, 1.807) is 0 Å². The molecule has 1 aromatic carbocycles. The van der Waals surface area contributed by atoms with Crippen LogP contribution in [-0.2, 0) is 0 Å². The summed E-state index contributed by atoms with van der Waals surface area (Å²) in [7, 11) is 0. The van der Waals surface area contributed by atoms with Gasteiger partial charge in [0.15, 0.2) is 11.5 Å². The van der Waals surface area contributed by atoms with Gasteiger partial charge in [-0.05, 0) is 30.0 Å². The fourth-order valence-corrected chi connectivity index (χ4v) is 4.40. The Hall–Kier alpha value is -0.350. The average molecular weight is 345 g/mol. The molecule has 106 valence electrons. The zero-order valence-corrected chi connectivity index (χ0v) is 13.9. The zero-order chi connectivity index (χ0) is 13.7. The molecule has 0 N–H and O–H groups in total. The van der Waals surface area contributed by atoms with Crippen molar-refractivity contribution in [1.29, 1.82) is 0 Å². The normalized spacial score (nSPS) is 16.2. The number of benzene rings is 1. The van der Waals surface area contributed by atoms with Gasteiger partial charge in [-0.3, -0.25) is 0 Å². The molecular weight excluding hydrogens is 324 g/mol. The highest BCUT2D eigenvalue weighted by molar-refractivity contribution is 9.09. The number of rotatable bonds is 5. The van der Waals surface area contributed by atoms with E-state index in [0.717, 1.165) is 42.2 Å². The van der Waals surface area contributed by atoms with E-state index in [9.17, 15) is 0 Å². The molecule has 1 aromatic rings. The molecule has 19 heavy (non-hydrogen) atoms. The molecule has 1 unspecified atom stereocenters. The van der Waals surface area contributed by atoms with Crippen molar-refractivity contribution >= 4 is 27.7 Å². The van der Waals surface area contributed by atoms with E-state index >= 15 is 0 Å². The summed E-state index contributed by atoms with van der Waals surface area (Å²) in [6.45, 7) is 6.05. The van der Waals surface area contributed by atoms with Crippen molar-refractivity contribution in [1.82, 2.24) is 0 Å². The van der Waals surface area contributed by atoms with Crippen LogP contribution >= 0.6 is 27.7 Å². The molecule has 0 fully saturated rings. The Morgan fingerprint density at radius 3 is 2.63 bits per heavy atom. The topological polar surface area (TPSA) is 18.5 Å². The van der Waals surface area contributed by atoms with Crippen molar-refractivity contribution < 1.29 is 9.47 Å². The first kappa shape index (κ1) is 15.0. The fourth-order valence-electron chi connectivity index (χ4n) is 1.85. The molecule has 0 saturated carbocycles. The van der Waals surface area contributed by atoms with Gasteiger partial charge in [0.2, 0.25) is 0 Å². The second kappa shape index (κ2) is 7.44. The van der Waals surface area contributed by atoms with Crippen molar-refractivity contribution in [2.45, 2.75) is 25.2 Å². The summed E-state index contributed by atoms with van der Waals surface area (Å²) < 4.78 is 11.4. The molecule has 2 nitrogen and oxygen atoms in total. The highest BCUT2D eigenvalue weighted by Crippen LogP contribution is 2.35. The van der Waals surface area contributed by atoms with E-state index in [-0.39, 0.29) is 0 Å². The number of halogens is 1. The third-order valence-electron chi connectivity index (χ3n) is 3.32. The SMILES string of the molecule is CC(C)C(CBr)CSc1ccc2c(c1)OCCCO2. The van der Waals surface area contributed by atoms with Crippen molar-refractivity contribution in [3.8, 4) is 11.5 Å². The number of alkyl halides is 1. The predicted octanol–water partition coefficient (Wildman–Crippen LogP) is 4.61. The maximum absolute atomic E-state index is 5.72. The Morgan fingerprint density at radius 1 is 1.21 bits per heavy atom. The monoisotopic (exact) mass is 344 g/mol. The lowest BCUT2D eigenvalue weighted by Gasteiger charge is -2.17. The average Bonchev–Trinajstić information content (AvgIpc) is 2.63. The van der Waals surface area contributed by atoms with E-state index in [4.69, 9.17) is 9.47 Å². The first-order chi connectivity index (χ1) is 9.20. The molecule has 1 aliphatic heterocycles. The highest BCUT2D eigenvalue weighted by atomic mass is 79.9. The smallest absolute Gasteiger partial charge is 0.162 e. The summed E-state index contributed by atoms with van der Waals surface area (Å²) in [6, 6.07) is 6.27. The molecule has 2 rings (SSSR count). The standard InChI is InChI=1S/C15H21BrO2S/c1-11(2)12(9-16)10-19-13-4-5-14-15(8-13)18-7-3-6-17-14/h4-5,8,11-12H,3,6-7,9-10H2,1-2H3. The van der Waals surface area contributed by atoms with Crippen molar-refractivity contribution in [2.75, 3.05) is 24.3 Å². The molecule has 4 heteroatoms. The zero-order valence-electron chi connectivity index (χ0n) is 11.5. The lowest BCUT2D eigenvalue weighted by atomic mass is 10.0. The Balaban J connectivity index is 1.99. The van der Waals surface area contributed by atoms with Gasteiger partial charge < -0.3 is 9.47 Å². The van der Waals surface area contributed by atoms with Gasteiger partial charge in [0.05, 0.1) is 13.2 Å². The highest BCUT2D eigenvalue weighted by Gasteiger charge is 2.14. The van der Waals surface area contributed by atoms with Crippen molar-refractivity contribution in [3.63, 3.8) is 0 Å². The van der Waals surface area contributed by atoms with Gasteiger partial charge in [0.1, 0.15) is 0 Å². The third kappa shape index (κ3) is 4.32. The van der Waals surface area contributed by atoms with Crippen molar-refractivity contribution in [3.05, 3.63) is 18.2 Å². The van der Waals surface area contributed by atoms with E-state index in [1.807, 2.05) is 17.8 Å². The van der Waals surface area contributed by atoms with Crippen LogP contribution in [0.1, 0.15) is 20.3 Å². The number of thioether (sulfide) groups is 1. The molecule has 0 spiro atoms. The third-order valence-corrected chi connectivity index (χ3v) is 5.34. The number of ether oxygens (including phenoxy) is 2. The summed E-state index contributed by atoms with van der Waals surface area (Å²) >= 11 is 5.50. The van der Waals surface area contributed by atoms with E-state index in [1.165, 1.54) is 4.90 Å². The van der Waals surface area contributed by atoms with Crippen LogP contribution in [0.2, 0.25) is 0 Å². The van der Waals surface area contributed by atoms with Gasteiger partial charge in [0.25, 0.3) is 0 Å². The lowest BCUT2D eigenvalue weighted by molar-refractivity contribution is 0.297. The Bertz CT molecular complexity index is 409.